The van der Waals surface area contributed by atoms with Crippen molar-refractivity contribution in [2.75, 3.05) is 7.11 Å². The van der Waals surface area contributed by atoms with Gasteiger partial charge in [0.25, 0.3) is 5.91 Å². The van der Waals surface area contributed by atoms with Crippen LogP contribution in [0.1, 0.15) is 16.7 Å². The number of carbonyl (C=O) groups is 1. The van der Waals surface area contributed by atoms with Crippen molar-refractivity contribution in [3.63, 3.8) is 0 Å². The molecular weight excluding hydrogens is 481 g/mol. The second kappa shape index (κ2) is 10.4. The Hall–Kier alpha value is -2.87. The summed E-state index contributed by atoms with van der Waals surface area (Å²) in [6, 6.07) is 19.4. The summed E-state index contributed by atoms with van der Waals surface area (Å²) in [6.45, 7) is 0.386. The summed E-state index contributed by atoms with van der Waals surface area (Å²) < 4.78 is 25.7. The lowest BCUT2D eigenvalue weighted by molar-refractivity contribution is -0.122. The Morgan fingerprint density at radius 1 is 1.09 bits per heavy atom. The van der Waals surface area contributed by atoms with Crippen molar-refractivity contribution in [2.45, 2.75) is 13.2 Å². The first-order valence-corrected chi connectivity index (χ1v) is 11.6. The summed E-state index contributed by atoms with van der Waals surface area (Å²) >= 11 is 12.8. The number of carbonyl (C=O) groups excluding carboxylic acids is 1. The quantitative estimate of drug-likeness (QED) is 0.275. The lowest BCUT2D eigenvalue weighted by atomic mass is 10.1. The summed E-state index contributed by atoms with van der Waals surface area (Å²) in [7, 11) is 1.52. The van der Waals surface area contributed by atoms with Gasteiger partial charge in [0, 0.05) is 5.56 Å². The van der Waals surface area contributed by atoms with E-state index in [-0.39, 0.29) is 18.1 Å². The highest BCUT2D eigenvalue weighted by molar-refractivity contribution is 8.26. The monoisotopic (exact) mass is 499 g/mol. The Balaban J connectivity index is 1.50. The first-order chi connectivity index (χ1) is 16.0. The second-order valence-corrected chi connectivity index (χ2v) is 9.24. The zero-order chi connectivity index (χ0) is 23.4. The molecule has 33 heavy (non-hydrogen) atoms. The Kier molecular flexibility index (Phi) is 7.33. The van der Waals surface area contributed by atoms with E-state index in [1.807, 2.05) is 30.3 Å². The normalized spacial score (nSPS) is 14.8. The van der Waals surface area contributed by atoms with Crippen molar-refractivity contribution in [3.8, 4) is 11.5 Å². The number of hydrogen-bond acceptors (Lipinski definition) is 5. The smallest absolute Gasteiger partial charge is 0.266 e. The van der Waals surface area contributed by atoms with Crippen molar-refractivity contribution in [2.24, 2.45) is 0 Å². The van der Waals surface area contributed by atoms with E-state index in [0.717, 1.165) is 11.1 Å². The van der Waals surface area contributed by atoms with Gasteiger partial charge in [-0.1, -0.05) is 78.0 Å². The second-order valence-electron chi connectivity index (χ2n) is 7.15. The third-order valence-corrected chi connectivity index (χ3v) is 6.71. The minimum Gasteiger partial charge on any atom is -0.493 e. The van der Waals surface area contributed by atoms with Crippen LogP contribution in [0.4, 0.5) is 4.39 Å². The zero-order valence-corrected chi connectivity index (χ0v) is 20.0. The standard InChI is InChI=1S/C25H19ClFNO3S2/c1-30-22-12-17(10-11-21(22)31-15-18-19(26)8-5-9-20(18)27)13-23-24(29)28(25(32)33-23)14-16-6-3-2-4-7-16/h2-13H,14-15H2,1H3/b23-13+. The summed E-state index contributed by atoms with van der Waals surface area (Å²) in [6.07, 6.45) is 1.77. The van der Waals surface area contributed by atoms with Crippen LogP contribution >= 0.6 is 35.6 Å². The van der Waals surface area contributed by atoms with Crippen LogP contribution in [0.5, 0.6) is 11.5 Å². The van der Waals surface area contributed by atoms with E-state index in [4.69, 9.17) is 33.3 Å². The minimum absolute atomic E-state index is 0.0423. The molecule has 0 N–H and O–H groups in total. The maximum absolute atomic E-state index is 14.0. The molecule has 1 amide bonds. The van der Waals surface area contributed by atoms with Crippen LogP contribution in [0.25, 0.3) is 6.08 Å². The van der Waals surface area contributed by atoms with Crippen LogP contribution in [0.15, 0.2) is 71.6 Å². The van der Waals surface area contributed by atoms with E-state index < -0.39 is 5.82 Å². The van der Waals surface area contributed by atoms with Gasteiger partial charge < -0.3 is 9.47 Å². The molecule has 0 radical (unpaired) electrons. The molecule has 0 spiro atoms. The lowest BCUT2D eigenvalue weighted by Gasteiger charge is -2.14. The maximum Gasteiger partial charge on any atom is 0.266 e. The fraction of sp³-hybridized carbons (Fsp3) is 0.120. The van der Waals surface area contributed by atoms with E-state index in [1.54, 1.807) is 41.3 Å². The number of amides is 1. The fourth-order valence-corrected chi connectivity index (χ4v) is 4.74. The van der Waals surface area contributed by atoms with Gasteiger partial charge in [-0.25, -0.2) is 4.39 Å². The number of hydrogen-bond donors (Lipinski definition) is 0. The Bertz CT molecular complexity index is 1210. The molecule has 4 rings (SSSR count). The lowest BCUT2D eigenvalue weighted by Crippen LogP contribution is -2.27. The molecule has 1 aliphatic rings. The number of rotatable bonds is 7. The highest BCUT2D eigenvalue weighted by atomic mass is 35.5. The fourth-order valence-electron chi connectivity index (χ4n) is 3.27. The summed E-state index contributed by atoms with van der Waals surface area (Å²) in [5.74, 6) is 0.319. The largest absolute Gasteiger partial charge is 0.493 e. The summed E-state index contributed by atoms with van der Waals surface area (Å²) in [4.78, 5) is 15.0. The van der Waals surface area contributed by atoms with Gasteiger partial charge in [-0.3, -0.25) is 9.69 Å². The van der Waals surface area contributed by atoms with Gasteiger partial charge in [0.2, 0.25) is 0 Å². The number of ether oxygens (including phenoxy) is 2. The zero-order valence-electron chi connectivity index (χ0n) is 17.6. The average molecular weight is 500 g/mol. The molecule has 0 atom stereocenters. The van der Waals surface area contributed by atoms with Crippen LogP contribution in [0.3, 0.4) is 0 Å². The Morgan fingerprint density at radius 3 is 2.61 bits per heavy atom. The van der Waals surface area contributed by atoms with Crippen LogP contribution in [0.2, 0.25) is 5.02 Å². The van der Waals surface area contributed by atoms with Gasteiger partial charge >= 0.3 is 0 Å². The molecule has 8 heteroatoms. The number of thioether (sulfide) groups is 1. The molecule has 0 unspecified atom stereocenters. The van der Waals surface area contributed by atoms with Crippen molar-refractivity contribution >= 4 is 51.9 Å². The molecule has 0 aromatic heterocycles. The van der Waals surface area contributed by atoms with E-state index in [9.17, 15) is 9.18 Å². The molecule has 168 valence electrons. The molecule has 0 saturated carbocycles. The highest BCUT2D eigenvalue weighted by Gasteiger charge is 2.32. The predicted molar refractivity (Wildman–Crippen MR) is 134 cm³/mol. The van der Waals surface area contributed by atoms with Gasteiger partial charge in [-0.05, 0) is 41.5 Å². The van der Waals surface area contributed by atoms with Crippen molar-refractivity contribution in [3.05, 3.63) is 99.2 Å². The van der Waals surface area contributed by atoms with Gasteiger partial charge in [0.15, 0.2) is 11.5 Å². The number of benzene rings is 3. The molecule has 1 aliphatic heterocycles. The van der Waals surface area contributed by atoms with Crippen LogP contribution < -0.4 is 9.47 Å². The van der Waals surface area contributed by atoms with Crippen molar-refractivity contribution < 1.29 is 18.7 Å². The molecule has 0 bridgehead atoms. The van der Waals surface area contributed by atoms with E-state index >= 15 is 0 Å². The Labute approximate surface area is 206 Å². The predicted octanol–water partition coefficient (Wildman–Crippen LogP) is 6.47. The molecule has 4 nitrogen and oxygen atoms in total. The summed E-state index contributed by atoms with van der Waals surface area (Å²) in [5, 5.41) is 0.295. The minimum atomic E-state index is -0.435. The summed E-state index contributed by atoms with van der Waals surface area (Å²) in [5.41, 5.74) is 2.03. The molecule has 1 heterocycles. The molecule has 1 fully saturated rings. The molecule has 1 saturated heterocycles. The highest BCUT2D eigenvalue weighted by Crippen LogP contribution is 2.36. The molecule has 3 aromatic carbocycles. The third kappa shape index (κ3) is 5.38. The molecule has 0 aliphatic carbocycles. The SMILES string of the molecule is COc1cc(/C=C2/SC(=S)N(Cc3ccccc3)C2=O)ccc1OCc1c(F)cccc1Cl. The van der Waals surface area contributed by atoms with Gasteiger partial charge in [0.1, 0.15) is 16.7 Å². The van der Waals surface area contributed by atoms with Crippen LogP contribution in [-0.2, 0) is 17.9 Å². The van der Waals surface area contributed by atoms with Gasteiger partial charge in [-0.2, -0.15) is 0 Å². The van der Waals surface area contributed by atoms with Crippen molar-refractivity contribution in [1.29, 1.82) is 0 Å². The Morgan fingerprint density at radius 2 is 1.88 bits per heavy atom. The van der Waals surface area contributed by atoms with Crippen molar-refractivity contribution in [1.82, 2.24) is 4.90 Å². The van der Waals surface area contributed by atoms with E-state index in [1.165, 1.54) is 24.9 Å². The number of thiocarbonyl (C=S) groups is 1. The average Bonchev–Trinajstić information content (AvgIpc) is 3.07. The molecule has 3 aromatic rings. The number of halogens is 2. The van der Waals surface area contributed by atoms with Crippen LogP contribution in [-0.4, -0.2) is 22.2 Å². The van der Waals surface area contributed by atoms with E-state index in [0.29, 0.717) is 32.3 Å². The van der Waals surface area contributed by atoms with Gasteiger partial charge in [-0.15, -0.1) is 0 Å². The van der Waals surface area contributed by atoms with Crippen LogP contribution in [0, 0.1) is 5.82 Å². The first kappa shape index (κ1) is 23.3. The number of nitrogens with zero attached hydrogens (tertiary/aromatic N) is 1. The maximum atomic E-state index is 14.0. The molecular formula is C25H19ClFNO3S2. The third-order valence-electron chi connectivity index (χ3n) is 4.98. The topological polar surface area (TPSA) is 38.8 Å². The number of methoxy groups -OCH3 is 1. The van der Waals surface area contributed by atoms with E-state index in [2.05, 4.69) is 0 Å². The van der Waals surface area contributed by atoms with Gasteiger partial charge in [0.05, 0.1) is 23.6 Å². The first-order valence-electron chi connectivity index (χ1n) is 9.99.